The van der Waals surface area contributed by atoms with E-state index >= 15 is 0 Å². The van der Waals surface area contributed by atoms with E-state index in [4.69, 9.17) is 4.74 Å². The molecular weight excluding hydrogens is 330 g/mol. The molecule has 1 fully saturated rings. The predicted octanol–water partition coefficient (Wildman–Crippen LogP) is 3.05. The molecule has 1 aliphatic rings. The standard InChI is InChI=1S/C21H26NO4/c1-26-20(23)21(24)13-12-19(14-21)22(25,15-17-8-4-2-5-9-17)16-18-10-6-3-7-11-18/h2-11,19,24-25H,12-16H2,1H3/q+1/t19-,21?/m0/s1. The molecule has 1 aliphatic carbocycles. The van der Waals surface area contributed by atoms with Crippen molar-refractivity contribution < 1.29 is 24.5 Å². The number of benzene rings is 2. The second-order valence-corrected chi connectivity index (χ2v) is 7.19. The lowest BCUT2D eigenvalue weighted by Gasteiger charge is -2.36. The third kappa shape index (κ3) is 3.96. The van der Waals surface area contributed by atoms with E-state index in [2.05, 4.69) is 0 Å². The first-order valence-electron chi connectivity index (χ1n) is 8.93. The van der Waals surface area contributed by atoms with Gasteiger partial charge in [-0.15, -0.1) is 0 Å². The SMILES string of the molecule is COC(=O)C1(O)CC[C@H]([N+](O)(Cc2ccccc2)Cc2ccccc2)C1. The van der Waals surface area contributed by atoms with Crippen LogP contribution in [0.4, 0.5) is 0 Å². The largest absolute Gasteiger partial charge is 0.467 e. The molecule has 1 saturated carbocycles. The van der Waals surface area contributed by atoms with Crippen LogP contribution in [0.15, 0.2) is 60.7 Å². The summed E-state index contributed by atoms with van der Waals surface area (Å²) >= 11 is 0. The molecule has 138 valence electrons. The van der Waals surface area contributed by atoms with Gasteiger partial charge in [-0.1, -0.05) is 60.7 Å². The minimum absolute atomic E-state index is 0.190. The maximum Gasteiger partial charge on any atom is 0.338 e. The minimum Gasteiger partial charge on any atom is -0.467 e. The molecule has 0 aromatic heterocycles. The molecule has 2 atom stereocenters. The fraction of sp³-hybridized carbons (Fsp3) is 0.381. The number of carbonyl (C=O) groups is 1. The molecule has 2 N–H and O–H groups in total. The molecule has 0 saturated heterocycles. The lowest BCUT2D eigenvalue weighted by molar-refractivity contribution is -1.14. The summed E-state index contributed by atoms with van der Waals surface area (Å²) in [5.74, 6) is -0.619. The summed E-state index contributed by atoms with van der Waals surface area (Å²) in [6.45, 7) is 0.829. The molecule has 0 amide bonds. The highest BCUT2D eigenvalue weighted by Crippen LogP contribution is 2.38. The smallest absolute Gasteiger partial charge is 0.338 e. The van der Waals surface area contributed by atoms with Gasteiger partial charge in [0.05, 0.1) is 7.11 Å². The Labute approximate surface area is 154 Å². The van der Waals surface area contributed by atoms with Gasteiger partial charge < -0.3 is 9.84 Å². The number of methoxy groups -OCH3 is 1. The van der Waals surface area contributed by atoms with Gasteiger partial charge in [0.15, 0.2) is 5.60 Å². The van der Waals surface area contributed by atoms with E-state index in [1.165, 1.54) is 7.11 Å². The molecule has 3 rings (SSSR count). The summed E-state index contributed by atoms with van der Waals surface area (Å²) < 4.78 is 4.51. The molecule has 26 heavy (non-hydrogen) atoms. The highest BCUT2D eigenvalue weighted by molar-refractivity contribution is 5.79. The van der Waals surface area contributed by atoms with E-state index in [1.807, 2.05) is 60.7 Å². The third-order valence-electron chi connectivity index (χ3n) is 5.31. The average molecular weight is 356 g/mol. The zero-order chi connectivity index (χ0) is 18.6. The van der Waals surface area contributed by atoms with Gasteiger partial charge in [-0.2, -0.15) is 4.65 Å². The van der Waals surface area contributed by atoms with Crippen molar-refractivity contribution in [2.24, 2.45) is 0 Å². The Morgan fingerprint density at radius 3 is 2.04 bits per heavy atom. The van der Waals surface area contributed by atoms with E-state index < -0.39 is 11.6 Å². The first-order valence-corrected chi connectivity index (χ1v) is 8.93. The van der Waals surface area contributed by atoms with Gasteiger partial charge in [0.25, 0.3) is 0 Å². The number of hydrogen-bond acceptors (Lipinski definition) is 4. The first kappa shape index (κ1) is 18.6. The Morgan fingerprint density at radius 1 is 1.08 bits per heavy atom. The third-order valence-corrected chi connectivity index (χ3v) is 5.31. The maximum atomic E-state index is 12.0. The zero-order valence-electron chi connectivity index (χ0n) is 15.0. The summed E-state index contributed by atoms with van der Waals surface area (Å²) in [7, 11) is 1.28. The molecule has 0 bridgehead atoms. The van der Waals surface area contributed by atoms with Crippen molar-refractivity contribution in [1.29, 1.82) is 0 Å². The van der Waals surface area contributed by atoms with Crippen LogP contribution in [0.5, 0.6) is 0 Å². The highest BCUT2D eigenvalue weighted by Gasteiger charge is 2.52. The summed E-state index contributed by atoms with van der Waals surface area (Å²) in [6, 6.07) is 19.3. The fourth-order valence-corrected chi connectivity index (χ4v) is 3.90. The van der Waals surface area contributed by atoms with Crippen molar-refractivity contribution in [1.82, 2.24) is 0 Å². The van der Waals surface area contributed by atoms with Gasteiger partial charge in [-0.3, -0.25) is 0 Å². The van der Waals surface area contributed by atoms with E-state index in [0.717, 1.165) is 11.1 Å². The van der Waals surface area contributed by atoms with Crippen LogP contribution in [0.25, 0.3) is 0 Å². The van der Waals surface area contributed by atoms with Gasteiger partial charge >= 0.3 is 5.97 Å². The number of ether oxygens (including phenoxy) is 1. The Hall–Kier alpha value is -2.21. The normalized spacial score (nSPS) is 23.0. The fourth-order valence-electron chi connectivity index (χ4n) is 3.90. The molecule has 1 unspecified atom stereocenters. The molecule has 5 heteroatoms. The number of quaternary nitrogens is 1. The average Bonchev–Trinajstić information content (AvgIpc) is 3.07. The maximum absolute atomic E-state index is 12.0. The number of nitrogens with zero attached hydrogens (tertiary/aromatic N) is 1. The number of rotatable bonds is 6. The first-order chi connectivity index (χ1) is 12.5. The van der Waals surface area contributed by atoms with Crippen LogP contribution in [-0.2, 0) is 22.6 Å². The predicted molar refractivity (Wildman–Crippen MR) is 96.9 cm³/mol. The van der Waals surface area contributed by atoms with Crippen molar-refractivity contribution >= 4 is 5.97 Å². The summed E-state index contributed by atoms with van der Waals surface area (Å²) in [4.78, 5) is 12.0. The van der Waals surface area contributed by atoms with Crippen LogP contribution in [-0.4, -0.2) is 39.7 Å². The quantitative estimate of drug-likeness (QED) is 0.474. The lowest BCUT2D eigenvalue weighted by atomic mass is 10.0. The zero-order valence-corrected chi connectivity index (χ0v) is 15.0. The van der Waals surface area contributed by atoms with Crippen molar-refractivity contribution in [2.45, 2.75) is 44.0 Å². The summed E-state index contributed by atoms with van der Waals surface area (Å²) in [6.07, 6.45) is 1.05. The summed E-state index contributed by atoms with van der Waals surface area (Å²) in [5.41, 5.74) is 0.512. The Bertz CT molecular complexity index is 693. The molecule has 5 nitrogen and oxygen atoms in total. The monoisotopic (exact) mass is 356 g/mol. The van der Waals surface area contributed by atoms with Crippen molar-refractivity contribution in [2.75, 3.05) is 7.11 Å². The molecule has 2 aromatic rings. The molecule has 0 radical (unpaired) electrons. The van der Waals surface area contributed by atoms with E-state index in [-0.39, 0.29) is 17.1 Å². The van der Waals surface area contributed by atoms with Crippen LogP contribution >= 0.6 is 0 Å². The van der Waals surface area contributed by atoms with Gasteiger partial charge in [0.1, 0.15) is 19.1 Å². The number of hydroxylamine groups is 3. The second-order valence-electron chi connectivity index (χ2n) is 7.19. The number of hydrogen-bond donors (Lipinski definition) is 2. The Morgan fingerprint density at radius 2 is 1.58 bits per heavy atom. The van der Waals surface area contributed by atoms with Crippen LogP contribution < -0.4 is 0 Å². The van der Waals surface area contributed by atoms with Crippen LogP contribution in [0.1, 0.15) is 30.4 Å². The molecule has 2 aromatic carbocycles. The van der Waals surface area contributed by atoms with Gasteiger partial charge in [0.2, 0.25) is 0 Å². The van der Waals surface area contributed by atoms with Crippen LogP contribution in [0, 0.1) is 0 Å². The van der Waals surface area contributed by atoms with Crippen molar-refractivity contribution in [3.8, 4) is 0 Å². The van der Waals surface area contributed by atoms with Crippen LogP contribution in [0.2, 0.25) is 0 Å². The van der Waals surface area contributed by atoms with Gasteiger partial charge in [0, 0.05) is 24.0 Å². The Kier molecular flexibility index (Phi) is 5.41. The van der Waals surface area contributed by atoms with Crippen LogP contribution in [0.3, 0.4) is 0 Å². The van der Waals surface area contributed by atoms with E-state index in [1.54, 1.807) is 0 Å². The molecule has 0 heterocycles. The second kappa shape index (κ2) is 7.58. The van der Waals surface area contributed by atoms with E-state index in [9.17, 15) is 15.1 Å². The number of esters is 1. The van der Waals surface area contributed by atoms with Gasteiger partial charge in [-0.05, 0) is 6.42 Å². The van der Waals surface area contributed by atoms with Crippen molar-refractivity contribution in [3.05, 3.63) is 71.8 Å². The molecule has 0 spiro atoms. The number of aliphatic hydroxyl groups is 1. The Balaban J connectivity index is 1.87. The number of carbonyl (C=O) groups excluding carboxylic acids is 1. The molecular formula is C21H26NO4+. The van der Waals surface area contributed by atoms with Crippen molar-refractivity contribution in [3.63, 3.8) is 0 Å². The summed E-state index contributed by atoms with van der Waals surface area (Å²) in [5, 5.41) is 22.2. The van der Waals surface area contributed by atoms with E-state index in [0.29, 0.717) is 25.9 Å². The van der Waals surface area contributed by atoms with Gasteiger partial charge in [-0.25, -0.2) is 10.0 Å². The molecule has 0 aliphatic heterocycles. The topological polar surface area (TPSA) is 66.8 Å². The lowest BCUT2D eigenvalue weighted by Crippen LogP contribution is -2.52. The highest BCUT2D eigenvalue weighted by atomic mass is 16.6. The minimum atomic E-state index is -1.51.